The second kappa shape index (κ2) is 11.7. The normalized spacial score (nSPS) is 11.8. The first-order chi connectivity index (χ1) is 23.3. The lowest BCUT2D eigenvalue weighted by atomic mass is 9.86. The number of fused-ring (bicyclic) bond motifs is 3. The number of aromatic nitrogens is 4. The molecule has 0 saturated carbocycles. The van der Waals surface area contributed by atoms with Crippen LogP contribution < -0.4 is 0 Å². The van der Waals surface area contributed by atoms with Gasteiger partial charge in [0, 0.05) is 27.5 Å². The SMILES string of the molecule is CC(C)(C)c1ccc2c(c1)c1ccccc1n2-c1cc(-c2cccc(F)c2)ccc1-c1nc(-c2ccccc2)nc(-c2ccccc2)n1. The van der Waals surface area contributed by atoms with Crippen LogP contribution in [-0.4, -0.2) is 19.5 Å². The van der Waals surface area contributed by atoms with Crippen LogP contribution in [0.5, 0.6) is 0 Å². The van der Waals surface area contributed by atoms with E-state index < -0.39 is 0 Å². The van der Waals surface area contributed by atoms with Crippen LogP contribution in [0.3, 0.4) is 0 Å². The third-order valence-electron chi connectivity index (χ3n) is 8.88. The van der Waals surface area contributed by atoms with Crippen LogP contribution >= 0.6 is 0 Å². The van der Waals surface area contributed by atoms with Crippen molar-refractivity contribution in [1.29, 1.82) is 0 Å². The zero-order valence-electron chi connectivity index (χ0n) is 27.0. The van der Waals surface area contributed by atoms with Crippen molar-refractivity contribution in [2.75, 3.05) is 0 Å². The zero-order chi connectivity index (χ0) is 32.8. The number of hydrogen-bond donors (Lipinski definition) is 0. The van der Waals surface area contributed by atoms with Gasteiger partial charge in [0.25, 0.3) is 0 Å². The number of para-hydroxylation sites is 1. The Labute approximate surface area is 279 Å². The highest BCUT2D eigenvalue weighted by molar-refractivity contribution is 6.10. The summed E-state index contributed by atoms with van der Waals surface area (Å²) in [5.41, 5.74) is 8.64. The van der Waals surface area contributed by atoms with Gasteiger partial charge in [0.2, 0.25) is 0 Å². The molecule has 0 spiro atoms. The van der Waals surface area contributed by atoms with Crippen molar-refractivity contribution in [3.63, 3.8) is 0 Å². The van der Waals surface area contributed by atoms with Gasteiger partial charge in [-0.05, 0) is 64.6 Å². The van der Waals surface area contributed by atoms with Gasteiger partial charge >= 0.3 is 0 Å². The Morgan fingerprint density at radius 1 is 0.479 bits per heavy atom. The summed E-state index contributed by atoms with van der Waals surface area (Å²) in [7, 11) is 0. The first kappa shape index (κ1) is 29.5. The van der Waals surface area contributed by atoms with E-state index in [9.17, 15) is 4.39 Å². The summed E-state index contributed by atoms with van der Waals surface area (Å²) in [6, 6.07) is 48.2. The van der Waals surface area contributed by atoms with Crippen molar-refractivity contribution in [3.05, 3.63) is 157 Å². The smallest absolute Gasteiger partial charge is 0.166 e. The minimum absolute atomic E-state index is 0.00753. The molecular weight excluding hydrogens is 591 g/mol. The Kier molecular flexibility index (Phi) is 7.18. The lowest BCUT2D eigenvalue weighted by Crippen LogP contribution is -2.10. The third-order valence-corrected chi connectivity index (χ3v) is 8.88. The molecule has 4 nitrogen and oxygen atoms in total. The van der Waals surface area contributed by atoms with Gasteiger partial charge in [-0.25, -0.2) is 19.3 Å². The fourth-order valence-corrected chi connectivity index (χ4v) is 6.38. The Balaban J connectivity index is 1.45. The third kappa shape index (κ3) is 5.33. The summed E-state index contributed by atoms with van der Waals surface area (Å²) in [5.74, 6) is 1.47. The van der Waals surface area contributed by atoms with E-state index in [1.54, 1.807) is 12.1 Å². The molecule has 0 atom stereocenters. The second-order valence-corrected chi connectivity index (χ2v) is 13.1. The number of rotatable bonds is 5. The Morgan fingerprint density at radius 2 is 1.06 bits per heavy atom. The molecular formula is C43H33FN4. The van der Waals surface area contributed by atoms with Gasteiger partial charge in [-0.15, -0.1) is 0 Å². The molecule has 0 unspecified atom stereocenters. The second-order valence-electron chi connectivity index (χ2n) is 13.1. The first-order valence-corrected chi connectivity index (χ1v) is 16.1. The highest BCUT2D eigenvalue weighted by atomic mass is 19.1. The summed E-state index contributed by atoms with van der Waals surface area (Å²) in [6.07, 6.45) is 0. The topological polar surface area (TPSA) is 43.6 Å². The lowest BCUT2D eigenvalue weighted by Gasteiger charge is -2.19. The van der Waals surface area contributed by atoms with Crippen LogP contribution in [-0.2, 0) is 5.41 Å². The van der Waals surface area contributed by atoms with E-state index >= 15 is 0 Å². The fourth-order valence-electron chi connectivity index (χ4n) is 6.38. The highest BCUT2D eigenvalue weighted by Crippen LogP contribution is 2.39. The van der Waals surface area contributed by atoms with E-state index in [2.05, 4.69) is 79.9 Å². The lowest BCUT2D eigenvalue weighted by molar-refractivity contribution is 0.591. The summed E-state index contributed by atoms with van der Waals surface area (Å²) in [5, 5.41) is 2.33. The number of halogens is 1. The van der Waals surface area contributed by atoms with Crippen LogP contribution in [0.15, 0.2) is 146 Å². The molecule has 0 N–H and O–H groups in total. The Bertz CT molecular complexity index is 2380. The average Bonchev–Trinajstić information content (AvgIpc) is 3.45. The minimum Gasteiger partial charge on any atom is -0.308 e. The van der Waals surface area contributed by atoms with Gasteiger partial charge in [0.1, 0.15) is 5.82 Å². The standard InChI is InChI=1S/C43H33FN4/c1-43(2,3)32-22-24-38-36(27-32)34-19-10-11-20-37(34)48(38)39-26-31(30-17-12-18-33(44)25-30)21-23-35(39)42-46-40(28-13-6-4-7-14-28)45-41(47-42)29-15-8-5-9-16-29/h4-27H,1-3H3. The summed E-state index contributed by atoms with van der Waals surface area (Å²) in [4.78, 5) is 15.1. The van der Waals surface area contributed by atoms with Gasteiger partial charge in [-0.3, -0.25) is 0 Å². The van der Waals surface area contributed by atoms with Crippen LogP contribution in [0.25, 0.3) is 72.8 Å². The molecule has 0 saturated heterocycles. The maximum Gasteiger partial charge on any atom is 0.166 e. The number of nitrogens with zero attached hydrogens (tertiary/aromatic N) is 4. The molecule has 0 amide bonds. The molecule has 0 radical (unpaired) electrons. The molecule has 8 aromatic rings. The summed E-state index contributed by atoms with van der Waals surface area (Å²) in [6.45, 7) is 6.72. The van der Waals surface area contributed by atoms with Crippen molar-refractivity contribution in [1.82, 2.24) is 19.5 Å². The minimum atomic E-state index is -0.276. The van der Waals surface area contributed by atoms with E-state index in [-0.39, 0.29) is 11.2 Å². The van der Waals surface area contributed by atoms with Crippen molar-refractivity contribution in [3.8, 4) is 51.0 Å². The van der Waals surface area contributed by atoms with Gasteiger partial charge in [-0.2, -0.15) is 0 Å². The maximum absolute atomic E-state index is 14.5. The maximum atomic E-state index is 14.5. The molecule has 0 bridgehead atoms. The van der Waals surface area contributed by atoms with Crippen molar-refractivity contribution in [2.45, 2.75) is 26.2 Å². The quantitative estimate of drug-likeness (QED) is 0.191. The number of benzene rings is 6. The van der Waals surface area contributed by atoms with Gasteiger partial charge in [0.15, 0.2) is 17.5 Å². The van der Waals surface area contributed by atoms with E-state index in [0.29, 0.717) is 17.5 Å². The molecule has 0 aliphatic carbocycles. The molecule has 0 aliphatic heterocycles. The predicted octanol–water partition coefficient (Wildman–Crippen LogP) is 11.1. The molecule has 0 fully saturated rings. The van der Waals surface area contributed by atoms with Gasteiger partial charge in [0.05, 0.1) is 16.7 Å². The average molecular weight is 625 g/mol. The summed E-state index contributed by atoms with van der Waals surface area (Å²) < 4.78 is 16.8. The van der Waals surface area contributed by atoms with Crippen molar-refractivity contribution in [2.24, 2.45) is 0 Å². The zero-order valence-corrected chi connectivity index (χ0v) is 27.0. The monoisotopic (exact) mass is 624 g/mol. The molecule has 2 heterocycles. The highest BCUT2D eigenvalue weighted by Gasteiger charge is 2.22. The van der Waals surface area contributed by atoms with E-state index in [1.807, 2.05) is 72.8 Å². The largest absolute Gasteiger partial charge is 0.308 e. The van der Waals surface area contributed by atoms with Crippen LogP contribution in [0.2, 0.25) is 0 Å². The van der Waals surface area contributed by atoms with E-state index in [4.69, 9.17) is 15.0 Å². The van der Waals surface area contributed by atoms with Crippen LogP contribution in [0.1, 0.15) is 26.3 Å². The van der Waals surface area contributed by atoms with Crippen molar-refractivity contribution < 1.29 is 4.39 Å². The molecule has 48 heavy (non-hydrogen) atoms. The Morgan fingerprint density at radius 3 is 1.73 bits per heavy atom. The molecule has 232 valence electrons. The molecule has 2 aromatic heterocycles. The first-order valence-electron chi connectivity index (χ1n) is 16.1. The van der Waals surface area contributed by atoms with E-state index in [1.165, 1.54) is 17.0 Å². The summed E-state index contributed by atoms with van der Waals surface area (Å²) >= 11 is 0. The van der Waals surface area contributed by atoms with Crippen LogP contribution in [0, 0.1) is 5.82 Å². The van der Waals surface area contributed by atoms with E-state index in [0.717, 1.165) is 49.9 Å². The molecule has 8 rings (SSSR count). The molecule has 5 heteroatoms. The van der Waals surface area contributed by atoms with Gasteiger partial charge in [-0.1, -0.05) is 124 Å². The van der Waals surface area contributed by atoms with Gasteiger partial charge < -0.3 is 4.57 Å². The Hall–Kier alpha value is -5.94. The van der Waals surface area contributed by atoms with Crippen LogP contribution in [0.4, 0.5) is 4.39 Å². The number of hydrogen-bond acceptors (Lipinski definition) is 3. The van der Waals surface area contributed by atoms with Crippen molar-refractivity contribution >= 4 is 21.8 Å². The molecule has 6 aromatic carbocycles. The predicted molar refractivity (Wildman–Crippen MR) is 195 cm³/mol. The molecule has 0 aliphatic rings. The fraction of sp³-hybridized carbons (Fsp3) is 0.0930.